The maximum atomic E-state index is 13.1. The van der Waals surface area contributed by atoms with Crippen LogP contribution in [-0.4, -0.2) is 28.2 Å². The SMILES string of the molecule is C[C@]12CC(=O)[C@@H]3[C@H](CC[C@H]4C[C@H](O)CC[C@@]43C)[C@H]1C[C@H](O)C2. The zero-order valence-electron chi connectivity index (χ0n) is 13.9. The predicted molar refractivity (Wildman–Crippen MR) is 84.1 cm³/mol. The summed E-state index contributed by atoms with van der Waals surface area (Å²) in [5, 5.41) is 20.2. The number of aliphatic hydroxyl groups is 2. The molecule has 124 valence electrons. The van der Waals surface area contributed by atoms with Gasteiger partial charge in [-0.25, -0.2) is 0 Å². The first-order valence-electron chi connectivity index (χ1n) is 9.22. The molecule has 0 bridgehead atoms. The van der Waals surface area contributed by atoms with Crippen molar-refractivity contribution in [3.8, 4) is 0 Å². The molecule has 0 aliphatic heterocycles. The first-order chi connectivity index (χ1) is 10.3. The molecule has 0 spiro atoms. The molecule has 0 amide bonds. The number of hydrogen-bond acceptors (Lipinski definition) is 3. The number of rotatable bonds is 0. The summed E-state index contributed by atoms with van der Waals surface area (Å²) in [5.74, 6) is 2.15. The molecule has 0 saturated heterocycles. The summed E-state index contributed by atoms with van der Waals surface area (Å²) in [4.78, 5) is 13.1. The van der Waals surface area contributed by atoms with Crippen LogP contribution < -0.4 is 0 Å². The second-order valence-corrected chi connectivity index (χ2v) is 9.35. The smallest absolute Gasteiger partial charge is 0.137 e. The van der Waals surface area contributed by atoms with Crippen molar-refractivity contribution in [3.05, 3.63) is 0 Å². The monoisotopic (exact) mass is 306 g/mol. The van der Waals surface area contributed by atoms with Crippen LogP contribution in [0.4, 0.5) is 0 Å². The molecule has 4 fully saturated rings. The fraction of sp³-hybridized carbons (Fsp3) is 0.947. The molecule has 3 nitrogen and oxygen atoms in total. The molecule has 0 heterocycles. The van der Waals surface area contributed by atoms with Crippen molar-refractivity contribution in [1.82, 2.24) is 0 Å². The molecule has 0 radical (unpaired) electrons. The van der Waals surface area contributed by atoms with Crippen LogP contribution in [0.5, 0.6) is 0 Å². The average Bonchev–Trinajstić information content (AvgIpc) is 2.73. The molecule has 3 heteroatoms. The van der Waals surface area contributed by atoms with Crippen molar-refractivity contribution in [2.75, 3.05) is 0 Å². The van der Waals surface area contributed by atoms with Gasteiger partial charge in [0, 0.05) is 12.3 Å². The Morgan fingerprint density at radius 2 is 1.82 bits per heavy atom. The van der Waals surface area contributed by atoms with Crippen LogP contribution in [0.3, 0.4) is 0 Å². The van der Waals surface area contributed by atoms with Crippen LogP contribution in [-0.2, 0) is 4.79 Å². The summed E-state index contributed by atoms with van der Waals surface area (Å²) < 4.78 is 0. The summed E-state index contributed by atoms with van der Waals surface area (Å²) >= 11 is 0. The molecule has 4 saturated carbocycles. The molecular formula is C19H30O3. The first kappa shape index (κ1) is 15.1. The van der Waals surface area contributed by atoms with Crippen LogP contribution in [0.25, 0.3) is 0 Å². The highest BCUT2D eigenvalue weighted by Crippen LogP contribution is 2.65. The Kier molecular flexibility index (Phi) is 3.30. The van der Waals surface area contributed by atoms with E-state index in [9.17, 15) is 15.0 Å². The standard InChI is InChI=1S/C19H30O3/c1-18-9-13(21)8-15(18)14-4-3-11-7-12(20)5-6-19(11,2)17(14)16(22)10-18/h11-15,17,20-21H,3-10H2,1-2H3/t11-,12+,13-,14+,15+,17-,18-,19-/m0/s1. The van der Waals surface area contributed by atoms with Crippen molar-refractivity contribution < 1.29 is 15.0 Å². The normalized spacial score (nSPS) is 57.9. The third kappa shape index (κ3) is 1.97. The van der Waals surface area contributed by atoms with E-state index in [2.05, 4.69) is 13.8 Å². The summed E-state index contributed by atoms with van der Waals surface area (Å²) in [6, 6.07) is 0. The van der Waals surface area contributed by atoms with Gasteiger partial charge in [0.2, 0.25) is 0 Å². The van der Waals surface area contributed by atoms with E-state index in [1.807, 2.05) is 0 Å². The lowest BCUT2D eigenvalue weighted by molar-refractivity contribution is -0.159. The van der Waals surface area contributed by atoms with Crippen molar-refractivity contribution in [1.29, 1.82) is 0 Å². The Balaban J connectivity index is 1.68. The van der Waals surface area contributed by atoms with Gasteiger partial charge in [-0.15, -0.1) is 0 Å². The number of aliphatic hydroxyl groups excluding tert-OH is 2. The second kappa shape index (κ2) is 4.80. The molecule has 4 aliphatic rings. The number of ketones is 1. The molecule has 8 atom stereocenters. The van der Waals surface area contributed by atoms with Gasteiger partial charge in [-0.2, -0.15) is 0 Å². The Morgan fingerprint density at radius 1 is 1.05 bits per heavy atom. The number of carbonyl (C=O) groups excluding carboxylic acids is 1. The minimum atomic E-state index is -0.208. The predicted octanol–water partition coefficient (Wildman–Crippen LogP) is 2.93. The Morgan fingerprint density at radius 3 is 2.59 bits per heavy atom. The number of hydrogen-bond donors (Lipinski definition) is 2. The highest BCUT2D eigenvalue weighted by atomic mass is 16.3. The van der Waals surface area contributed by atoms with E-state index < -0.39 is 0 Å². The van der Waals surface area contributed by atoms with Gasteiger partial charge in [-0.3, -0.25) is 4.79 Å². The van der Waals surface area contributed by atoms with E-state index in [4.69, 9.17) is 0 Å². The summed E-state index contributed by atoms with van der Waals surface area (Å²) in [7, 11) is 0. The summed E-state index contributed by atoms with van der Waals surface area (Å²) in [5.41, 5.74) is 0.128. The van der Waals surface area contributed by atoms with Crippen molar-refractivity contribution in [2.45, 2.75) is 77.4 Å². The van der Waals surface area contributed by atoms with Crippen LogP contribution >= 0.6 is 0 Å². The Bertz CT molecular complexity index is 489. The minimum absolute atomic E-state index is 0.0368. The second-order valence-electron chi connectivity index (χ2n) is 9.35. The minimum Gasteiger partial charge on any atom is -0.393 e. The van der Waals surface area contributed by atoms with E-state index in [0.29, 0.717) is 30.0 Å². The van der Waals surface area contributed by atoms with E-state index in [-0.39, 0.29) is 29.0 Å². The average molecular weight is 306 g/mol. The van der Waals surface area contributed by atoms with Gasteiger partial charge < -0.3 is 10.2 Å². The highest BCUT2D eigenvalue weighted by molar-refractivity contribution is 5.84. The van der Waals surface area contributed by atoms with Crippen LogP contribution in [0.15, 0.2) is 0 Å². The van der Waals surface area contributed by atoms with Crippen LogP contribution in [0.2, 0.25) is 0 Å². The van der Waals surface area contributed by atoms with Crippen molar-refractivity contribution >= 4 is 5.78 Å². The lowest BCUT2D eigenvalue weighted by atomic mass is 9.45. The Labute approximate surface area is 133 Å². The molecular weight excluding hydrogens is 276 g/mol. The first-order valence-corrected chi connectivity index (χ1v) is 9.22. The zero-order valence-corrected chi connectivity index (χ0v) is 13.9. The van der Waals surface area contributed by atoms with Gasteiger partial charge >= 0.3 is 0 Å². The van der Waals surface area contributed by atoms with Gasteiger partial charge in [0.25, 0.3) is 0 Å². The number of fused-ring (bicyclic) bond motifs is 5. The molecule has 0 aromatic carbocycles. The molecule has 4 aliphatic carbocycles. The number of carbonyl (C=O) groups is 1. The summed E-state index contributed by atoms with van der Waals surface area (Å²) in [6.45, 7) is 4.56. The highest BCUT2D eigenvalue weighted by Gasteiger charge is 2.62. The third-order valence-electron chi connectivity index (χ3n) is 8.06. The van der Waals surface area contributed by atoms with Crippen LogP contribution in [0, 0.1) is 34.5 Å². The van der Waals surface area contributed by atoms with E-state index in [0.717, 1.165) is 44.9 Å². The number of Topliss-reactive ketones (excluding diaryl/α,β-unsaturated/α-hetero) is 1. The maximum Gasteiger partial charge on any atom is 0.137 e. The van der Waals surface area contributed by atoms with Gasteiger partial charge in [0.15, 0.2) is 0 Å². The summed E-state index contributed by atoms with van der Waals surface area (Å²) in [6.07, 6.45) is 7.03. The van der Waals surface area contributed by atoms with Crippen LogP contribution in [0.1, 0.15) is 65.2 Å². The third-order valence-corrected chi connectivity index (χ3v) is 8.06. The molecule has 0 aromatic heterocycles. The van der Waals surface area contributed by atoms with E-state index in [1.54, 1.807) is 0 Å². The van der Waals surface area contributed by atoms with Gasteiger partial charge in [0.1, 0.15) is 5.78 Å². The quantitative estimate of drug-likeness (QED) is 0.723. The molecule has 0 unspecified atom stereocenters. The van der Waals surface area contributed by atoms with Gasteiger partial charge in [-0.05, 0) is 73.5 Å². The lowest BCUT2D eigenvalue weighted by Gasteiger charge is -2.59. The largest absolute Gasteiger partial charge is 0.393 e. The van der Waals surface area contributed by atoms with Crippen molar-refractivity contribution in [2.24, 2.45) is 34.5 Å². The van der Waals surface area contributed by atoms with E-state index >= 15 is 0 Å². The topological polar surface area (TPSA) is 57.5 Å². The zero-order chi connectivity index (χ0) is 15.7. The Hall–Kier alpha value is -0.410. The maximum absolute atomic E-state index is 13.1. The van der Waals surface area contributed by atoms with E-state index in [1.165, 1.54) is 0 Å². The van der Waals surface area contributed by atoms with Gasteiger partial charge in [0.05, 0.1) is 12.2 Å². The molecule has 2 N–H and O–H groups in total. The molecule has 22 heavy (non-hydrogen) atoms. The fourth-order valence-corrected chi connectivity index (χ4v) is 7.10. The van der Waals surface area contributed by atoms with Crippen molar-refractivity contribution in [3.63, 3.8) is 0 Å². The lowest BCUT2D eigenvalue weighted by Crippen LogP contribution is -2.56. The fourth-order valence-electron chi connectivity index (χ4n) is 7.10. The van der Waals surface area contributed by atoms with Gasteiger partial charge in [-0.1, -0.05) is 13.8 Å². The molecule has 0 aromatic rings. The molecule has 4 rings (SSSR count).